The molecule has 108 valence electrons. The molecule has 0 aromatic carbocycles. The van der Waals surface area contributed by atoms with Gasteiger partial charge in [0.2, 0.25) is 5.91 Å². The summed E-state index contributed by atoms with van der Waals surface area (Å²) in [6.07, 6.45) is 7.53. The van der Waals surface area contributed by atoms with Crippen molar-refractivity contribution in [3.8, 4) is 0 Å². The molecule has 0 bridgehead atoms. The first-order valence-electron chi connectivity index (χ1n) is 6.15. The number of nitrogens with zero attached hydrogens (tertiary/aromatic N) is 3. The second-order valence-corrected chi connectivity index (χ2v) is 5.58. The molecule has 0 aliphatic rings. The van der Waals surface area contributed by atoms with Crippen molar-refractivity contribution >= 4 is 36.0 Å². The van der Waals surface area contributed by atoms with Gasteiger partial charge in [0, 0.05) is 42.9 Å². The first kappa shape index (κ1) is 16.8. The molecular formula is C14H19N3OS2. The topological polar surface area (TPSA) is 45.6 Å². The molecule has 0 fully saturated rings. The van der Waals surface area contributed by atoms with Crippen LogP contribution in [0.1, 0.15) is 18.9 Å². The second kappa shape index (κ2) is 8.81. The third-order valence-electron chi connectivity index (χ3n) is 2.69. The summed E-state index contributed by atoms with van der Waals surface area (Å²) in [6, 6.07) is 3.79. The molecule has 0 spiro atoms. The van der Waals surface area contributed by atoms with Crippen molar-refractivity contribution in [1.29, 1.82) is 0 Å². The fourth-order valence-electron chi connectivity index (χ4n) is 1.38. The highest BCUT2D eigenvalue weighted by Crippen LogP contribution is 2.10. The van der Waals surface area contributed by atoms with Gasteiger partial charge in [0.05, 0.1) is 11.2 Å². The lowest BCUT2D eigenvalue weighted by atomic mass is 10.2. The molecule has 1 rings (SSSR count). The lowest BCUT2D eigenvalue weighted by molar-refractivity contribution is -0.127. The van der Waals surface area contributed by atoms with E-state index < -0.39 is 0 Å². The van der Waals surface area contributed by atoms with Crippen LogP contribution in [0.2, 0.25) is 0 Å². The molecular weight excluding hydrogens is 290 g/mol. The first-order chi connectivity index (χ1) is 9.56. The SMILES string of the molecule is CSCCC(=O)N(C)/C(S)=C/N=C(\C)c1cccnc1. The summed E-state index contributed by atoms with van der Waals surface area (Å²) >= 11 is 5.96. The molecule has 1 heterocycles. The van der Waals surface area contributed by atoms with Crippen LogP contribution in [0, 0.1) is 0 Å². The Labute approximate surface area is 129 Å². The Morgan fingerprint density at radius 3 is 2.95 bits per heavy atom. The minimum atomic E-state index is 0.0369. The van der Waals surface area contributed by atoms with E-state index in [2.05, 4.69) is 22.6 Å². The van der Waals surface area contributed by atoms with Crippen molar-refractivity contribution in [2.75, 3.05) is 19.1 Å². The van der Waals surface area contributed by atoms with E-state index in [9.17, 15) is 4.79 Å². The largest absolute Gasteiger partial charge is 0.309 e. The van der Waals surface area contributed by atoms with Crippen molar-refractivity contribution in [2.24, 2.45) is 4.99 Å². The molecule has 0 atom stereocenters. The maximum Gasteiger partial charge on any atom is 0.227 e. The van der Waals surface area contributed by atoms with Crippen LogP contribution in [-0.2, 0) is 4.79 Å². The van der Waals surface area contributed by atoms with Crippen molar-refractivity contribution < 1.29 is 4.79 Å². The smallest absolute Gasteiger partial charge is 0.227 e. The highest BCUT2D eigenvalue weighted by Gasteiger charge is 2.09. The van der Waals surface area contributed by atoms with Crippen LogP contribution in [-0.4, -0.2) is 40.6 Å². The quantitative estimate of drug-likeness (QED) is 0.649. The Morgan fingerprint density at radius 2 is 2.35 bits per heavy atom. The Hall–Kier alpha value is -1.27. The predicted molar refractivity (Wildman–Crippen MR) is 89.3 cm³/mol. The Balaban J connectivity index is 2.71. The van der Waals surface area contributed by atoms with E-state index >= 15 is 0 Å². The number of hydrogen-bond acceptors (Lipinski definition) is 5. The van der Waals surface area contributed by atoms with Crippen molar-refractivity contribution in [3.63, 3.8) is 0 Å². The molecule has 4 nitrogen and oxygen atoms in total. The van der Waals surface area contributed by atoms with Gasteiger partial charge in [-0.3, -0.25) is 14.8 Å². The number of rotatable bonds is 6. The molecule has 1 aromatic rings. The molecule has 1 aromatic heterocycles. The Morgan fingerprint density at radius 1 is 1.60 bits per heavy atom. The van der Waals surface area contributed by atoms with Crippen molar-refractivity contribution in [2.45, 2.75) is 13.3 Å². The number of carbonyl (C=O) groups excluding carboxylic acids is 1. The number of amides is 1. The van der Waals surface area contributed by atoms with Gasteiger partial charge in [-0.25, -0.2) is 0 Å². The van der Waals surface area contributed by atoms with E-state index in [1.54, 1.807) is 37.4 Å². The standard InChI is InChI=1S/C14H19N3OS2/c1-11(12-5-4-7-15-9-12)16-10-14(19)17(2)13(18)6-8-20-3/h4-5,7,9-10,19H,6,8H2,1-3H3/b14-10-,16-11+. The van der Waals surface area contributed by atoms with E-state index in [-0.39, 0.29) is 5.91 Å². The Kier molecular flexibility index (Phi) is 7.40. The predicted octanol–water partition coefficient (Wildman–Crippen LogP) is 2.83. The van der Waals surface area contributed by atoms with Gasteiger partial charge in [0.1, 0.15) is 0 Å². The third kappa shape index (κ3) is 5.38. The summed E-state index contributed by atoms with van der Waals surface area (Å²) in [6.45, 7) is 1.89. The van der Waals surface area contributed by atoms with Crippen LogP contribution >= 0.6 is 24.4 Å². The van der Waals surface area contributed by atoms with Crippen LogP contribution in [0.4, 0.5) is 0 Å². The summed E-state index contributed by atoms with van der Waals surface area (Å²) in [5, 5.41) is 0.527. The minimum absolute atomic E-state index is 0.0369. The fourth-order valence-corrected chi connectivity index (χ4v) is 1.93. The zero-order valence-corrected chi connectivity index (χ0v) is 13.6. The summed E-state index contributed by atoms with van der Waals surface area (Å²) in [4.78, 5) is 21.7. The van der Waals surface area contributed by atoms with Gasteiger partial charge in [0.15, 0.2) is 0 Å². The van der Waals surface area contributed by atoms with Crippen LogP contribution in [0.5, 0.6) is 0 Å². The van der Waals surface area contributed by atoms with Crippen LogP contribution in [0.3, 0.4) is 0 Å². The molecule has 6 heteroatoms. The summed E-state index contributed by atoms with van der Waals surface area (Å²) in [5.74, 6) is 0.845. The molecule has 20 heavy (non-hydrogen) atoms. The molecule has 0 radical (unpaired) electrons. The molecule has 0 unspecified atom stereocenters. The van der Waals surface area contributed by atoms with Crippen LogP contribution in [0.25, 0.3) is 0 Å². The van der Waals surface area contributed by atoms with E-state index in [1.165, 1.54) is 4.90 Å². The Bertz CT molecular complexity index is 500. The number of pyridine rings is 1. The van der Waals surface area contributed by atoms with Crippen LogP contribution in [0.15, 0.2) is 40.7 Å². The van der Waals surface area contributed by atoms with Crippen molar-refractivity contribution in [1.82, 2.24) is 9.88 Å². The minimum Gasteiger partial charge on any atom is -0.309 e. The second-order valence-electron chi connectivity index (χ2n) is 4.14. The van der Waals surface area contributed by atoms with Gasteiger partial charge in [-0.15, -0.1) is 12.6 Å². The van der Waals surface area contributed by atoms with Gasteiger partial charge in [-0.1, -0.05) is 6.07 Å². The van der Waals surface area contributed by atoms with E-state index in [4.69, 9.17) is 0 Å². The van der Waals surface area contributed by atoms with Gasteiger partial charge in [0.25, 0.3) is 0 Å². The number of aliphatic imine (C=N–C) groups is 1. The van der Waals surface area contributed by atoms with Gasteiger partial charge < -0.3 is 4.90 Å². The fraction of sp³-hybridized carbons (Fsp3) is 0.357. The normalized spacial score (nSPS) is 12.4. The number of aromatic nitrogens is 1. The maximum atomic E-state index is 11.8. The molecule has 0 N–H and O–H groups in total. The average Bonchev–Trinajstić information content (AvgIpc) is 2.49. The van der Waals surface area contributed by atoms with E-state index in [0.29, 0.717) is 11.4 Å². The molecule has 0 saturated carbocycles. The average molecular weight is 309 g/mol. The molecule has 0 aliphatic heterocycles. The number of thiol groups is 1. The maximum absolute atomic E-state index is 11.8. The monoisotopic (exact) mass is 309 g/mol. The van der Waals surface area contributed by atoms with E-state index in [1.807, 2.05) is 25.3 Å². The lowest BCUT2D eigenvalue weighted by Gasteiger charge is -2.15. The number of carbonyl (C=O) groups is 1. The number of thioether (sulfide) groups is 1. The van der Waals surface area contributed by atoms with Gasteiger partial charge >= 0.3 is 0 Å². The first-order valence-corrected chi connectivity index (χ1v) is 7.99. The number of hydrogen-bond donors (Lipinski definition) is 1. The van der Waals surface area contributed by atoms with Gasteiger partial charge in [-0.2, -0.15) is 11.8 Å². The van der Waals surface area contributed by atoms with Crippen molar-refractivity contribution in [3.05, 3.63) is 41.3 Å². The molecule has 1 amide bonds. The summed E-state index contributed by atoms with van der Waals surface area (Å²) in [7, 11) is 1.70. The third-order valence-corrected chi connectivity index (χ3v) is 3.72. The highest BCUT2D eigenvalue weighted by molar-refractivity contribution is 7.98. The summed E-state index contributed by atoms with van der Waals surface area (Å²) in [5.41, 5.74) is 1.77. The molecule has 0 saturated heterocycles. The van der Waals surface area contributed by atoms with E-state index in [0.717, 1.165) is 17.0 Å². The van der Waals surface area contributed by atoms with Gasteiger partial charge in [-0.05, 0) is 19.2 Å². The summed E-state index contributed by atoms with van der Waals surface area (Å²) < 4.78 is 0. The highest BCUT2D eigenvalue weighted by atomic mass is 32.2. The lowest BCUT2D eigenvalue weighted by Crippen LogP contribution is -2.24. The zero-order valence-electron chi connectivity index (χ0n) is 11.9. The zero-order chi connectivity index (χ0) is 15.0. The van der Waals surface area contributed by atoms with Crippen LogP contribution < -0.4 is 0 Å². The molecule has 0 aliphatic carbocycles.